The lowest BCUT2D eigenvalue weighted by Gasteiger charge is -2.35. The highest BCUT2D eigenvalue weighted by molar-refractivity contribution is 5.98. The van der Waals surface area contributed by atoms with Gasteiger partial charge in [0.1, 0.15) is 6.04 Å². The Morgan fingerprint density at radius 3 is 2.67 bits per heavy atom. The quantitative estimate of drug-likeness (QED) is 0.724. The first-order valence-corrected chi connectivity index (χ1v) is 8.13. The molecule has 24 heavy (non-hydrogen) atoms. The minimum Gasteiger partial charge on any atom is -0.398 e. The lowest BCUT2D eigenvalue weighted by atomic mass is 9.98. The number of urea groups is 1. The van der Waals surface area contributed by atoms with Crippen LogP contribution in [-0.4, -0.2) is 31.1 Å². The molecule has 7 heteroatoms. The third-order valence-electron chi connectivity index (χ3n) is 4.08. The molecule has 0 saturated heterocycles. The van der Waals surface area contributed by atoms with Crippen molar-refractivity contribution < 1.29 is 9.59 Å². The number of nitrogens with zero attached hydrogens (tertiary/aromatic N) is 1. The number of fused-ring (bicyclic) bond motifs is 1. The van der Waals surface area contributed by atoms with Crippen LogP contribution < -0.4 is 21.3 Å². The van der Waals surface area contributed by atoms with Crippen LogP contribution in [0.1, 0.15) is 32.8 Å². The fraction of sp³-hybridized carbons (Fsp3) is 0.529. The number of hydrogen-bond donors (Lipinski definition) is 3. The number of amides is 3. The van der Waals surface area contributed by atoms with Crippen LogP contribution in [0.5, 0.6) is 0 Å². The van der Waals surface area contributed by atoms with Crippen LogP contribution in [0.2, 0.25) is 0 Å². The second-order valence-electron chi connectivity index (χ2n) is 6.41. The van der Waals surface area contributed by atoms with Crippen LogP contribution in [0.15, 0.2) is 18.2 Å². The van der Waals surface area contributed by atoms with Gasteiger partial charge in [0.25, 0.3) is 0 Å². The number of nitrogen functional groups attached to an aromatic ring is 1. The maximum Gasteiger partial charge on any atom is 0.321 e. The minimum atomic E-state index is -0.444. The van der Waals surface area contributed by atoms with E-state index in [9.17, 15) is 9.59 Å². The minimum absolute atomic E-state index is 0. The van der Waals surface area contributed by atoms with Crippen molar-refractivity contribution in [3.05, 3.63) is 23.8 Å². The number of carbonyl (C=O) groups excluding carboxylic acids is 2. The molecule has 1 aliphatic rings. The van der Waals surface area contributed by atoms with E-state index in [1.165, 1.54) is 0 Å². The van der Waals surface area contributed by atoms with Crippen LogP contribution in [0, 0.1) is 5.92 Å². The molecule has 1 atom stereocenters. The first-order valence-electron chi connectivity index (χ1n) is 8.13. The lowest BCUT2D eigenvalue weighted by Crippen LogP contribution is -2.51. The van der Waals surface area contributed by atoms with Gasteiger partial charge in [0, 0.05) is 24.5 Å². The highest BCUT2D eigenvalue weighted by Gasteiger charge is 2.27. The number of benzene rings is 1. The van der Waals surface area contributed by atoms with Gasteiger partial charge in [0.2, 0.25) is 5.91 Å². The zero-order valence-corrected chi connectivity index (χ0v) is 15.3. The van der Waals surface area contributed by atoms with Gasteiger partial charge in [-0.3, -0.25) is 10.1 Å². The Kier molecular flexibility index (Phi) is 7.35. The molecular weight excluding hydrogens is 328 g/mol. The number of nitrogens with two attached hydrogens (primary N) is 1. The SMILES string of the molecule is CC(C)CNC(=O)NC(=O)C(C)N1CCCc2c(N)cccc21.Cl. The molecule has 1 heterocycles. The highest BCUT2D eigenvalue weighted by atomic mass is 35.5. The van der Waals surface area contributed by atoms with Crippen molar-refractivity contribution >= 4 is 35.7 Å². The monoisotopic (exact) mass is 354 g/mol. The van der Waals surface area contributed by atoms with Gasteiger partial charge in [-0.1, -0.05) is 19.9 Å². The number of carbonyl (C=O) groups is 2. The van der Waals surface area contributed by atoms with E-state index in [0.717, 1.165) is 36.3 Å². The Bertz CT molecular complexity index is 592. The highest BCUT2D eigenvalue weighted by Crippen LogP contribution is 2.32. The van der Waals surface area contributed by atoms with Crippen molar-refractivity contribution in [3.63, 3.8) is 0 Å². The summed E-state index contributed by atoms with van der Waals surface area (Å²) in [6, 6.07) is 4.88. The van der Waals surface area contributed by atoms with E-state index in [4.69, 9.17) is 5.73 Å². The van der Waals surface area contributed by atoms with Gasteiger partial charge in [-0.25, -0.2) is 4.79 Å². The zero-order chi connectivity index (χ0) is 17.0. The maximum absolute atomic E-state index is 12.3. The van der Waals surface area contributed by atoms with Gasteiger partial charge in [-0.2, -0.15) is 0 Å². The van der Waals surface area contributed by atoms with Gasteiger partial charge >= 0.3 is 6.03 Å². The number of halogens is 1. The summed E-state index contributed by atoms with van der Waals surface area (Å²) in [6.45, 7) is 7.12. The van der Waals surface area contributed by atoms with Crippen LogP contribution in [-0.2, 0) is 11.2 Å². The Morgan fingerprint density at radius 2 is 2.00 bits per heavy atom. The average molecular weight is 355 g/mol. The molecule has 1 aliphatic heterocycles. The molecule has 3 amide bonds. The van der Waals surface area contributed by atoms with E-state index in [0.29, 0.717) is 12.5 Å². The summed E-state index contributed by atoms with van der Waals surface area (Å²) >= 11 is 0. The van der Waals surface area contributed by atoms with Crippen LogP contribution in [0.4, 0.5) is 16.2 Å². The second kappa shape index (κ2) is 8.78. The molecule has 2 rings (SSSR count). The van der Waals surface area contributed by atoms with Gasteiger partial charge in [0.15, 0.2) is 0 Å². The molecule has 0 radical (unpaired) electrons. The molecule has 0 spiro atoms. The van der Waals surface area contributed by atoms with Crippen molar-refractivity contribution in [2.75, 3.05) is 23.7 Å². The normalized spacial score (nSPS) is 14.4. The Hall–Kier alpha value is -1.95. The molecule has 0 saturated carbocycles. The number of rotatable bonds is 4. The second-order valence-corrected chi connectivity index (χ2v) is 6.41. The summed E-state index contributed by atoms with van der Waals surface area (Å²) in [4.78, 5) is 26.1. The lowest BCUT2D eigenvalue weighted by molar-refractivity contribution is -0.121. The van der Waals surface area contributed by atoms with E-state index in [1.807, 2.05) is 43.9 Å². The maximum atomic E-state index is 12.3. The van der Waals surface area contributed by atoms with Gasteiger partial charge in [0.05, 0.1) is 0 Å². The molecule has 4 N–H and O–H groups in total. The molecule has 0 aromatic heterocycles. The molecular formula is C17H27ClN4O2. The van der Waals surface area contributed by atoms with E-state index in [-0.39, 0.29) is 18.3 Å². The fourth-order valence-corrected chi connectivity index (χ4v) is 2.78. The summed E-state index contributed by atoms with van der Waals surface area (Å²) in [5.74, 6) is 0.0340. The number of anilines is 2. The predicted octanol–water partition coefficient (Wildman–Crippen LogP) is 2.31. The molecule has 1 aromatic rings. The van der Waals surface area contributed by atoms with Crippen molar-refractivity contribution in [3.8, 4) is 0 Å². The third-order valence-corrected chi connectivity index (χ3v) is 4.08. The van der Waals surface area contributed by atoms with Gasteiger partial charge < -0.3 is 16.0 Å². The van der Waals surface area contributed by atoms with E-state index in [1.54, 1.807) is 0 Å². The predicted molar refractivity (Wildman–Crippen MR) is 99.6 cm³/mol. The van der Waals surface area contributed by atoms with E-state index in [2.05, 4.69) is 10.6 Å². The van der Waals surface area contributed by atoms with Crippen molar-refractivity contribution in [2.45, 2.75) is 39.7 Å². The Morgan fingerprint density at radius 1 is 1.29 bits per heavy atom. The van der Waals surface area contributed by atoms with E-state index >= 15 is 0 Å². The van der Waals surface area contributed by atoms with Gasteiger partial charge in [-0.15, -0.1) is 12.4 Å². The standard InChI is InChI=1S/C17H26N4O2.ClH/c1-11(2)10-19-17(23)20-16(22)12(3)21-9-5-6-13-14(18)7-4-8-15(13)21;/h4,7-8,11-12H,5-6,9-10,18H2,1-3H3,(H2,19,20,22,23);1H. The first kappa shape index (κ1) is 20.1. The molecule has 1 aromatic carbocycles. The summed E-state index contributed by atoms with van der Waals surface area (Å²) in [7, 11) is 0. The fourth-order valence-electron chi connectivity index (χ4n) is 2.78. The topological polar surface area (TPSA) is 87.5 Å². The molecule has 1 unspecified atom stereocenters. The Balaban J connectivity index is 0.00000288. The number of hydrogen-bond acceptors (Lipinski definition) is 4. The van der Waals surface area contributed by atoms with Crippen molar-refractivity contribution in [1.82, 2.24) is 10.6 Å². The van der Waals surface area contributed by atoms with E-state index < -0.39 is 12.1 Å². The molecule has 0 aliphatic carbocycles. The van der Waals surface area contributed by atoms with Crippen LogP contribution in [0.25, 0.3) is 0 Å². The van der Waals surface area contributed by atoms with Crippen LogP contribution in [0.3, 0.4) is 0 Å². The third kappa shape index (κ3) is 4.77. The van der Waals surface area contributed by atoms with Crippen molar-refractivity contribution in [2.24, 2.45) is 5.92 Å². The molecule has 0 bridgehead atoms. The van der Waals surface area contributed by atoms with Gasteiger partial charge in [-0.05, 0) is 43.4 Å². The summed E-state index contributed by atoms with van der Waals surface area (Å²) in [6.07, 6.45) is 1.86. The molecule has 6 nitrogen and oxygen atoms in total. The summed E-state index contributed by atoms with van der Waals surface area (Å²) < 4.78 is 0. The average Bonchev–Trinajstić information content (AvgIpc) is 2.52. The largest absolute Gasteiger partial charge is 0.398 e. The smallest absolute Gasteiger partial charge is 0.321 e. The Labute approximate surface area is 149 Å². The zero-order valence-electron chi connectivity index (χ0n) is 14.5. The molecule has 134 valence electrons. The molecule has 0 fully saturated rings. The summed E-state index contributed by atoms with van der Waals surface area (Å²) in [5, 5.41) is 5.11. The summed E-state index contributed by atoms with van der Waals surface area (Å²) in [5.41, 5.74) is 8.87. The first-order chi connectivity index (χ1) is 10.9. The number of imide groups is 1. The van der Waals surface area contributed by atoms with Crippen molar-refractivity contribution in [1.29, 1.82) is 0 Å². The van der Waals surface area contributed by atoms with Crippen LogP contribution >= 0.6 is 12.4 Å². The number of nitrogens with one attached hydrogen (secondary N) is 2.